The normalized spacial score (nSPS) is 25.4. The number of nitrogens with one attached hydrogen (secondary N) is 1. The van der Waals surface area contributed by atoms with Crippen LogP contribution in [-0.4, -0.2) is 18.7 Å². The van der Waals surface area contributed by atoms with Crippen molar-refractivity contribution in [2.45, 2.75) is 32.6 Å². The van der Waals surface area contributed by atoms with Crippen LogP contribution in [0.2, 0.25) is 0 Å². The van der Waals surface area contributed by atoms with Crippen LogP contribution in [-0.2, 0) is 4.79 Å². The molecule has 0 aliphatic heterocycles. The first-order chi connectivity index (χ1) is 8.63. The quantitative estimate of drug-likeness (QED) is 0.738. The number of carbonyl (C=O) groups excluding carboxylic acids is 1. The Kier molecular flexibility index (Phi) is 5.37. The molecule has 1 rings (SSSR count). The van der Waals surface area contributed by atoms with Gasteiger partial charge in [-0.3, -0.25) is 9.79 Å². The van der Waals surface area contributed by atoms with Gasteiger partial charge in [0.05, 0.1) is 5.70 Å². The Morgan fingerprint density at radius 2 is 2.17 bits per heavy atom. The Labute approximate surface area is 108 Å². The van der Waals surface area contributed by atoms with Gasteiger partial charge in [0, 0.05) is 19.2 Å². The second kappa shape index (κ2) is 6.80. The van der Waals surface area contributed by atoms with E-state index in [-0.39, 0.29) is 17.5 Å². The highest BCUT2D eigenvalue weighted by atomic mass is 16.1. The maximum Gasteiger partial charge on any atom is 0.227 e. The van der Waals surface area contributed by atoms with Crippen molar-refractivity contribution >= 4 is 11.6 Å². The number of carbonyl (C=O) groups is 1. The zero-order valence-electron chi connectivity index (χ0n) is 10.9. The maximum atomic E-state index is 12.1. The summed E-state index contributed by atoms with van der Waals surface area (Å²) in [6.45, 7) is 2.09. The van der Waals surface area contributed by atoms with Gasteiger partial charge in [-0.25, -0.2) is 0 Å². The van der Waals surface area contributed by atoms with Gasteiger partial charge in [0.25, 0.3) is 0 Å². The van der Waals surface area contributed by atoms with E-state index in [2.05, 4.69) is 17.2 Å². The second-order valence-electron chi connectivity index (χ2n) is 4.62. The molecule has 2 unspecified atom stereocenters. The van der Waals surface area contributed by atoms with E-state index in [4.69, 9.17) is 11.0 Å². The third-order valence-electron chi connectivity index (χ3n) is 3.46. The van der Waals surface area contributed by atoms with E-state index in [0.717, 1.165) is 19.3 Å². The van der Waals surface area contributed by atoms with Gasteiger partial charge in [0.2, 0.25) is 5.91 Å². The summed E-state index contributed by atoms with van der Waals surface area (Å²) in [5.41, 5.74) is 5.87. The molecule has 2 atom stereocenters. The molecule has 0 spiro atoms. The Bertz CT molecular complexity index is 406. The minimum absolute atomic E-state index is 0.00509. The average Bonchev–Trinajstić information content (AvgIpc) is 2.39. The Hall–Kier alpha value is -1.83. The lowest BCUT2D eigenvalue weighted by Gasteiger charge is -2.27. The number of aliphatic imine (C=N–C) groups is 1. The van der Waals surface area contributed by atoms with E-state index in [1.807, 2.05) is 6.07 Å². The lowest BCUT2D eigenvalue weighted by molar-refractivity contribution is -0.126. The van der Waals surface area contributed by atoms with E-state index in [1.165, 1.54) is 19.7 Å². The van der Waals surface area contributed by atoms with Crippen LogP contribution >= 0.6 is 0 Å². The van der Waals surface area contributed by atoms with Crippen LogP contribution in [0.3, 0.4) is 0 Å². The zero-order valence-corrected chi connectivity index (χ0v) is 10.9. The molecule has 0 bridgehead atoms. The van der Waals surface area contributed by atoms with E-state index in [0.29, 0.717) is 11.6 Å². The van der Waals surface area contributed by atoms with Crippen LogP contribution in [0.25, 0.3) is 0 Å². The first kappa shape index (κ1) is 14.2. The molecule has 3 N–H and O–H groups in total. The van der Waals surface area contributed by atoms with E-state index < -0.39 is 0 Å². The number of amides is 1. The topological polar surface area (TPSA) is 91.3 Å². The fraction of sp³-hybridized carbons (Fsp3) is 0.615. The number of hydrogen-bond acceptors (Lipinski definition) is 4. The van der Waals surface area contributed by atoms with Crippen molar-refractivity contribution in [2.75, 3.05) is 7.05 Å². The molecule has 98 valence electrons. The number of allylic oxidation sites excluding steroid dienone is 1. The number of nitrogens with zero attached hydrogens (tertiary/aromatic N) is 2. The molecule has 1 saturated carbocycles. The van der Waals surface area contributed by atoms with Crippen molar-refractivity contribution in [2.24, 2.45) is 22.6 Å². The molecular formula is C13H20N4O. The van der Waals surface area contributed by atoms with Crippen molar-refractivity contribution in [1.29, 1.82) is 5.26 Å². The van der Waals surface area contributed by atoms with Crippen LogP contribution in [0.4, 0.5) is 0 Å². The van der Waals surface area contributed by atoms with Gasteiger partial charge in [-0.1, -0.05) is 19.8 Å². The highest BCUT2D eigenvalue weighted by molar-refractivity contribution is 6.12. The predicted octanol–water partition coefficient (Wildman–Crippen LogP) is 1.32. The smallest absolute Gasteiger partial charge is 0.227 e. The molecule has 0 aromatic heterocycles. The van der Waals surface area contributed by atoms with Crippen LogP contribution in [0.5, 0.6) is 0 Å². The molecular weight excluding hydrogens is 228 g/mol. The monoisotopic (exact) mass is 248 g/mol. The molecule has 0 aromatic rings. The summed E-state index contributed by atoms with van der Waals surface area (Å²) in [5.74, 6) is 0.322. The van der Waals surface area contributed by atoms with Gasteiger partial charge in [0.15, 0.2) is 5.71 Å². The van der Waals surface area contributed by atoms with Crippen molar-refractivity contribution in [3.63, 3.8) is 0 Å². The lowest BCUT2D eigenvalue weighted by atomic mass is 9.80. The summed E-state index contributed by atoms with van der Waals surface area (Å²) in [5, 5.41) is 11.6. The molecule has 18 heavy (non-hydrogen) atoms. The lowest BCUT2D eigenvalue weighted by Crippen LogP contribution is -2.37. The average molecular weight is 248 g/mol. The summed E-state index contributed by atoms with van der Waals surface area (Å²) in [4.78, 5) is 15.9. The molecule has 1 aliphatic rings. The first-order valence-corrected chi connectivity index (χ1v) is 6.24. The van der Waals surface area contributed by atoms with Gasteiger partial charge < -0.3 is 11.1 Å². The summed E-state index contributed by atoms with van der Waals surface area (Å²) in [7, 11) is 1.50. The minimum atomic E-state index is -0.0599. The van der Waals surface area contributed by atoms with Crippen LogP contribution < -0.4 is 11.1 Å². The van der Waals surface area contributed by atoms with Gasteiger partial charge in [-0.15, -0.1) is 0 Å². The third-order valence-corrected chi connectivity index (χ3v) is 3.46. The fourth-order valence-corrected chi connectivity index (χ4v) is 2.34. The van der Waals surface area contributed by atoms with Crippen LogP contribution in [0.15, 0.2) is 16.9 Å². The fourth-order valence-electron chi connectivity index (χ4n) is 2.34. The summed E-state index contributed by atoms with van der Waals surface area (Å²) in [6.07, 6.45) is 5.46. The summed E-state index contributed by atoms with van der Waals surface area (Å²) in [6, 6.07) is 1.91. The molecule has 0 saturated heterocycles. The van der Waals surface area contributed by atoms with Crippen LogP contribution in [0.1, 0.15) is 32.6 Å². The largest absolute Gasteiger partial charge is 0.403 e. The molecule has 1 aliphatic carbocycles. The molecule has 5 heteroatoms. The number of nitriles is 1. The minimum Gasteiger partial charge on any atom is -0.403 e. The molecule has 0 heterocycles. The summed E-state index contributed by atoms with van der Waals surface area (Å²) >= 11 is 0. The number of hydrogen-bond donors (Lipinski definition) is 2. The molecule has 1 amide bonds. The standard InChI is InChI=1S/C13H20N4O/c1-9-5-3-4-6-10(9)13(18)17-12(8-15)11(7-14)16-2/h8-10H,3-6,15H2,1-2H3,(H,17,18). The predicted molar refractivity (Wildman–Crippen MR) is 70.5 cm³/mol. The maximum absolute atomic E-state index is 12.1. The van der Waals surface area contributed by atoms with Crippen LogP contribution in [0, 0.1) is 23.2 Å². The SMILES string of the molecule is CN=C(C#N)C(=CN)NC(=O)C1CCCCC1C. The summed E-state index contributed by atoms with van der Waals surface area (Å²) < 4.78 is 0. The molecule has 0 aromatic carbocycles. The van der Waals surface area contributed by atoms with E-state index in [1.54, 1.807) is 0 Å². The zero-order chi connectivity index (χ0) is 13.5. The van der Waals surface area contributed by atoms with Crippen molar-refractivity contribution in [1.82, 2.24) is 5.32 Å². The molecule has 1 fully saturated rings. The number of nitrogens with two attached hydrogens (primary N) is 1. The highest BCUT2D eigenvalue weighted by Gasteiger charge is 2.28. The first-order valence-electron chi connectivity index (χ1n) is 6.24. The second-order valence-corrected chi connectivity index (χ2v) is 4.62. The van der Waals surface area contributed by atoms with Crippen molar-refractivity contribution in [3.8, 4) is 6.07 Å². The van der Waals surface area contributed by atoms with Crippen molar-refractivity contribution < 1.29 is 4.79 Å². The third kappa shape index (κ3) is 3.33. The Morgan fingerprint density at radius 3 is 2.67 bits per heavy atom. The van der Waals surface area contributed by atoms with Gasteiger partial charge in [-0.05, 0) is 18.8 Å². The van der Waals surface area contributed by atoms with Crippen molar-refractivity contribution in [3.05, 3.63) is 11.9 Å². The number of rotatable bonds is 3. The van der Waals surface area contributed by atoms with Gasteiger partial charge in [0.1, 0.15) is 6.07 Å². The van der Waals surface area contributed by atoms with Gasteiger partial charge in [-0.2, -0.15) is 5.26 Å². The Morgan fingerprint density at radius 1 is 1.50 bits per heavy atom. The van der Waals surface area contributed by atoms with E-state index in [9.17, 15) is 4.79 Å². The highest BCUT2D eigenvalue weighted by Crippen LogP contribution is 2.29. The van der Waals surface area contributed by atoms with Gasteiger partial charge >= 0.3 is 0 Å². The molecule has 5 nitrogen and oxygen atoms in total. The molecule has 0 radical (unpaired) electrons. The van der Waals surface area contributed by atoms with E-state index >= 15 is 0 Å². The Balaban J connectivity index is 2.71.